The van der Waals surface area contributed by atoms with Crippen molar-refractivity contribution >= 4 is 19.8 Å². The van der Waals surface area contributed by atoms with E-state index in [1.54, 1.807) is 0 Å². The van der Waals surface area contributed by atoms with Gasteiger partial charge in [-0.25, -0.2) is 4.57 Å². The minimum absolute atomic E-state index is 0.00607. The molecule has 0 aliphatic carbocycles. The topological polar surface area (TPSA) is 155 Å². The molecule has 0 aliphatic rings. The van der Waals surface area contributed by atoms with Crippen LogP contribution >= 0.6 is 7.82 Å². The lowest BCUT2D eigenvalue weighted by atomic mass is 10.1. The molecule has 47 heavy (non-hydrogen) atoms. The highest BCUT2D eigenvalue weighted by Gasteiger charge is 2.27. The van der Waals surface area contributed by atoms with Gasteiger partial charge in [-0.2, -0.15) is 0 Å². The molecular weight excluding hydrogens is 621 g/mol. The van der Waals surface area contributed by atoms with E-state index >= 15 is 0 Å². The number of phosphoric acid groups is 1. The van der Waals surface area contributed by atoms with E-state index in [0.717, 1.165) is 77.0 Å². The van der Waals surface area contributed by atoms with E-state index in [1.165, 1.54) is 38.5 Å². The van der Waals surface area contributed by atoms with E-state index in [9.17, 15) is 19.0 Å². The molecule has 0 aromatic heterocycles. The van der Waals surface area contributed by atoms with E-state index in [4.69, 9.17) is 24.8 Å². The number of carboxylic acid groups (broad SMARTS) is 1. The van der Waals surface area contributed by atoms with Crippen LogP contribution in [0.1, 0.15) is 142 Å². The summed E-state index contributed by atoms with van der Waals surface area (Å²) < 4.78 is 33.1. The number of ether oxygens (including phenoxy) is 2. The minimum Gasteiger partial charge on any atom is -0.480 e. The Morgan fingerprint density at radius 2 is 1.21 bits per heavy atom. The summed E-state index contributed by atoms with van der Waals surface area (Å²) in [4.78, 5) is 33.3. The van der Waals surface area contributed by atoms with Gasteiger partial charge < -0.3 is 25.2 Å². The first-order valence-electron chi connectivity index (χ1n) is 18.0. The fourth-order valence-corrected chi connectivity index (χ4v) is 5.28. The molecule has 0 bridgehead atoms. The Morgan fingerprint density at radius 3 is 1.83 bits per heavy atom. The lowest BCUT2D eigenvalue weighted by molar-refractivity contribution is -0.154. The number of carboxylic acids is 1. The number of allylic oxidation sites excluding steroid dienone is 6. The zero-order valence-electron chi connectivity index (χ0n) is 29.4. The third kappa shape index (κ3) is 32.5. The Labute approximate surface area is 285 Å². The molecule has 3 atom stereocenters. The highest BCUT2D eigenvalue weighted by Crippen LogP contribution is 2.43. The second-order valence-corrected chi connectivity index (χ2v) is 13.4. The molecule has 4 N–H and O–H groups in total. The molecule has 0 saturated carbocycles. The van der Waals surface area contributed by atoms with Gasteiger partial charge in [0.1, 0.15) is 12.1 Å². The average Bonchev–Trinajstić information content (AvgIpc) is 3.04. The van der Waals surface area contributed by atoms with Crippen LogP contribution in [0.15, 0.2) is 36.5 Å². The molecule has 3 unspecified atom stereocenters. The number of hydrogen-bond acceptors (Lipinski definition) is 8. The van der Waals surface area contributed by atoms with Gasteiger partial charge in [-0.3, -0.25) is 18.6 Å². The molecular formula is C36H66NO9P. The summed E-state index contributed by atoms with van der Waals surface area (Å²) in [5, 5.41) is 8.85. The number of esters is 1. The van der Waals surface area contributed by atoms with Crippen molar-refractivity contribution in [3.05, 3.63) is 36.5 Å². The van der Waals surface area contributed by atoms with Crippen molar-refractivity contribution in [1.29, 1.82) is 0 Å². The predicted molar refractivity (Wildman–Crippen MR) is 189 cm³/mol. The molecule has 0 rings (SSSR count). The van der Waals surface area contributed by atoms with Crippen molar-refractivity contribution in [3.8, 4) is 0 Å². The largest absolute Gasteiger partial charge is 0.480 e. The second-order valence-electron chi connectivity index (χ2n) is 12.0. The molecule has 0 saturated heterocycles. The van der Waals surface area contributed by atoms with Gasteiger partial charge in [0.05, 0.1) is 19.8 Å². The van der Waals surface area contributed by atoms with Crippen molar-refractivity contribution in [2.75, 3.05) is 26.4 Å². The van der Waals surface area contributed by atoms with Crippen molar-refractivity contribution < 1.29 is 42.7 Å². The van der Waals surface area contributed by atoms with Gasteiger partial charge in [-0.15, -0.1) is 0 Å². The summed E-state index contributed by atoms with van der Waals surface area (Å²) in [6.45, 7) is 3.71. The smallest absolute Gasteiger partial charge is 0.472 e. The minimum atomic E-state index is -4.61. The molecule has 0 heterocycles. The van der Waals surface area contributed by atoms with Crippen LogP contribution < -0.4 is 5.73 Å². The Morgan fingerprint density at radius 1 is 0.681 bits per heavy atom. The van der Waals surface area contributed by atoms with Crippen LogP contribution in [0.3, 0.4) is 0 Å². The number of hydrogen-bond donors (Lipinski definition) is 3. The second kappa shape index (κ2) is 32.7. The summed E-state index contributed by atoms with van der Waals surface area (Å²) in [5.74, 6) is -1.80. The maximum absolute atomic E-state index is 12.5. The Kier molecular flexibility index (Phi) is 31.5. The van der Waals surface area contributed by atoms with E-state index in [-0.39, 0.29) is 13.0 Å². The Balaban J connectivity index is 4.36. The van der Waals surface area contributed by atoms with Crippen LogP contribution in [0.25, 0.3) is 0 Å². The van der Waals surface area contributed by atoms with Gasteiger partial charge in [0.15, 0.2) is 0 Å². The summed E-state index contributed by atoms with van der Waals surface area (Å²) >= 11 is 0. The molecule has 0 aromatic rings. The van der Waals surface area contributed by atoms with Crippen LogP contribution in [0, 0.1) is 0 Å². The average molecular weight is 688 g/mol. The normalized spacial score (nSPS) is 14.6. The van der Waals surface area contributed by atoms with Crippen molar-refractivity contribution in [2.45, 2.75) is 154 Å². The highest BCUT2D eigenvalue weighted by atomic mass is 31.2. The molecule has 10 nitrogen and oxygen atoms in total. The first-order valence-corrected chi connectivity index (χ1v) is 19.5. The summed E-state index contributed by atoms with van der Waals surface area (Å²) in [5.41, 5.74) is 5.32. The molecule has 0 spiro atoms. The molecule has 0 amide bonds. The van der Waals surface area contributed by atoms with Crippen LogP contribution in [0.2, 0.25) is 0 Å². The van der Waals surface area contributed by atoms with Crippen LogP contribution in [0.5, 0.6) is 0 Å². The molecule has 0 aromatic carbocycles. The first-order chi connectivity index (χ1) is 22.7. The zero-order chi connectivity index (χ0) is 34.9. The van der Waals surface area contributed by atoms with Crippen molar-refractivity contribution in [2.24, 2.45) is 5.73 Å². The predicted octanol–water partition coefficient (Wildman–Crippen LogP) is 8.97. The number of aliphatic carboxylic acids is 1. The van der Waals surface area contributed by atoms with Crippen LogP contribution in [-0.4, -0.2) is 60.5 Å². The number of carbonyl (C=O) groups excluding carboxylic acids is 1. The number of phosphoric ester groups is 1. The number of nitrogens with two attached hydrogens (primary N) is 1. The van der Waals surface area contributed by atoms with E-state index in [2.05, 4.69) is 54.8 Å². The molecule has 0 fully saturated rings. The lowest BCUT2D eigenvalue weighted by Gasteiger charge is -2.20. The molecule has 0 aliphatic heterocycles. The number of carbonyl (C=O) groups is 2. The zero-order valence-corrected chi connectivity index (χ0v) is 30.3. The maximum Gasteiger partial charge on any atom is 0.472 e. The van der Waals surface area contributed by atoms with Gasteiger partial charge >= 0.3 is 19.8 Å². The highest BCUT2D eigenvalue weighted by molar-refractivity contribution is 7.47. The lowest BCUT2D eigenvalue weighted by Crippen LogP contribution is -2.34. The fraction of sp³-hybridized carbons (Fsp3) is 0.778. The summed E-state index contributed by atoms with van der Waals surface area (Å²) in [6.07, 6.45) is 33.4. The van der Waals surface area contributed by atoms with E-state index < -0.39 is 45.1 Å². The van der Waals surface area contributed by atoms with Gasteiger partial charge in [0.2, 0.25) is 0 Å². The molecule has 0 radical (unpaired) electrons. The van der Waals surface area contributed by atoms with E-state index in [1.807, 2.05) is 0 Å². The molecule has 11 heteroatoms. The summed E-state index contributed by atoms with van der Waals surface area (Å²) in [6, 6.07) is -1.47. The maximum atomic E-state index is 12.5. The monoisotopic (exact) mass is 687 g/mol. The summed E-state index contributed by atoms with van der Waals surface area (Å²) in [7, 11) is -4.61. The van der Waals surface area contributed by atoms with Crippen LogP contribution in [0.4, 0.5) is 0 Å². The number of rotatable bonds is 34. The quantitative estimate of drug-likeness (QED) is 0.0258. The standard InChI is InChI=1S/C36H66NO9P/c1-3-5-7-9-11-13-15-16-17-19-21-23-25-27-29-43-30-33(31-44-47(41,42)45-32-34(37)36(39)40)46-35(38)28-26-24-22-20-18-14-12-10-8-6-4-2/h7,9-10,12-13,15,33-34H,3-6,8,11,14,16-32,37H2,1-2H3,(H,39,40)(H,41,42)/b9-7-,12-10-,15-13-. The Bertz CT molecular complexity index is 894. The fourth-order valence-electron chi connectivity index (χ4n) is 4.50. The van der Waals surface area contributed by atoms with Crippen LogP contribution in [-0.2, 0) is 32.7 Å². The van der Waals surface area contributed by atoms with Crippen molar-refractivity contribution in [3.63, 3.8) is 0 Å². The SMILES string of the molecule is CCC/C=C\C/C=C\CCCCCCCCOCC(COP(=O)(O)OCC(N)C(=O)O)OC(=O)CCCCCCC/C=C\CCCC. The van der Waals surface area contributed by atoms with Crippen molar-refractivity contribution in [1.82, 2.24) is 0 Å². The third-order valence-electron chi connectivity index (χ3n) is 7.37. The first kappa shape index (κ1) is 45.2. The number of unbranched alkanes of at least 4 members (excludes halogenated alkanes) is 14. The van der Waals surface area contributed by atoms with Gasteiger partial charge in [-0.05, 0) is 57.8 Å². The van der Waals surface area contributed by atoms with Gasteiger partial charge in [-0.1, -0.05) is 115 Å². The van der Waals surface area contributed by atoms with Gasteiger partial charge in [0.25, 0.3) is 0 Å². The Hall–Kier alpha value is -1.81. The third-order valence-corrected chi connectivity index (χ3v) is 8.32. The van der Waals surface area contributed by atoms with E-state index in [0.29, 0.717) is 13.0 Å². The molecule has 274 valence electrons. The van der Waals surface area contributed by atoms with Gasteiger partial charge in [0, 0.05) is 13.0 Å².